The molecule has 0 aliphatic carbocycles. The number of H-pyrrole nitrogens is 1. The van der Waals surface area contributed by atoms with E-state index in [4.69, 9.17) is 22.9 Å². The van der Waals surface area contributed by atoms with Gasteiger partial charge in [0.05, 0.1) is 0 Å². The van der Waals surface area contributed by atoms with Crippen molar-refractivity contribution in [1.29, 1.82) is 0 Å². The van der Waals surface area contributed by atoms with Crippen molar-refractivity contribution in [2.75, 3.05) is 26.2 Å². The fourth-order valence-corrected chi connectivity index (χ4v) is 8.07. The molecule has 2 fully saturated rings. The van der Waals surface area contributed by atoms with E-state index in [0.29, 0.717) is 12.8 Å². The summed E-state index contributed by atoms with van der Waals surface area (Å²) in [5, 5.41) is 17.7. The van der Waals surface area contributed by atoms with E-state index in [0.717, 1.165) is 22.0 Å². The Kier molecular flexibility index (Phi) is 18.1. The maximum Gasteiger partial charge on any atom is 0.245 e. The first-order valence-corrected chi connectivity index (χ1v) is 22.0. The fraction of sp³-hybridized carbons (Fsp3) is 0.477. The fourth-order valence-electron chi connectivity index (χ4n) is 8.07. The van der Waals surface area contributed by atoms with E-state index in [1.165, 1.54) is 11.8 Å². The third-order valence-electron chi connectivity index (χ3n) is 11.3. The van der Waals surface area contributed by atoms with Gasteiger partial charge in [0.15, 0.2) is 11.9 Å². The number of aliphatic imine (C=N–C) groups is 2. The maximum atomic E-state index is 14.5. The summed E-state index contributed by atoms with van der Waals surface area (Å²) in [5.74, 6) is -4.37. The summed E-state index contributed by atoms with van der Waals surface area (Å²) in [6.45, 7) is 1.83. The number of rotatable bonds is 15. The average molecular weight is 899 g/mol. The number of guanidine groups is 2. The van der Waals surface area contributed by atoms with Crippen molar-refractivity contribution < 1.29 is 33.6 Å². The number of amides is 7. The van der Waals surface area contributed by atoms with Gasteiger partial charge in [-0.15, -0.1) is 0 Å². The van der Waals surface area contributed by atoms with Gasteiger partial charge in [-0.1, -0.05) is 48.5 Å². The van der Waals surface area contributed by atoms with Crippen molar-refractivity contribution in [3.05, 3.63) is 71.9 Å². The van der Waals surface area contributed by atoms with Crippen LogP contribution < -0.4 is 54.8 Å². The van der Waals surface area contributed by atoms with Crippen LogP contribution in [0, 0.1) is 0 Å². The molecule has 15 N–H and O–H groups in total. The molecule has 0 unspecified atom stereocenters. The highest BCUT2D eigenvalue weighted by atomic mass is 16.2. The molecule has 0 spiro atoms. The summed E-state index contributed by atoms with van der Waals surface area (Å²) in [7, 11) is 0. The summed E-state index contributed by atoms with van der Waals surface area (Å²) in [6, 6.07) is 9.80. The maximum absolute atomic E-state index is 14.5. The second kappa shape index (κ2) is 24.0. The molecule has 7 amide bonds. The molecule has 3 heterocycles. The summed E-state index contributed by atoms with van der Waals surface area (Å²) >= 11 is 0. The highest BCUT2D eigenvalue weighted by Crippen LogP contribution is 2.22. The zero-order valence-electron chi connectivity index (χ0n) is 36.6. The van der Waals surface area contributed by atoms with Crippen LogP contribution in [0.1, 0.15) is 69.4 Å². The normalized spacial score (nSPS) is 21.6. The van der Waals surface area contributed by atoms with Crippen LogP contribution in [0.4, 0.5) is 0 Å². The van der Waals surface area contributed by atoms with E-state index in [-0.39, 0.29) is 89.5 Å². The summed E-state index contributed by atoms with van der Waals surface area (Å²) in [4.78, 5) is 110. The van der Waals surface area contributed by atoms with Crippen molar-refractivity contribution >= 4 is 64.2 Å². The van der Waals surface area contributed by atoms with Crippen LogP contribution in [-0.2, 0) is 46.4 Å². The van der Waals surface area contributed by atoms with Gasteiger partial charge >= 0.3 is 0 Å². The molecule has 0 radical (unpaired) electrons. The molecule has 21 nitrogen and oxygen atoms in total. The highest BCUT2D eigenvalue weighted by Gasteiger charge is 2.40. The standard InChI is InChI=1S/C44H62N14O7/c1-26(59)53-34(23-27-11-3-2-4-12-27)39(62)56-33-17-9-19-49-37(60)31(15-7-20-50-43(45)46)54-40(63)35(24-28-25-52-30-14-6-5-13-29(28)30)57-38(61)32(16-8-21-51-44(47)48)55-41(64)36-18-10-22-58(36)42(33)65/h2-6,11-14,25,31-36,52H,7-10,15-24H2,1H3,(H,49,60)(H,53,59)(H,54,63)(H,55,64)(H,56,62)(H,57,61)(H4,45,46,50)(H4,47,48,51)/t31-,32-,33-,34-,35-,36-/m0/s1. The first-order chi connectivity index (χ1) is 31.2. The van der Waals surface area contributed by atoms with Crippen LogP contribution in [0.5, 0.6) is 0 Å². The number of hydrogen-bond donors (Lipinski definition) is 11. The second-order valence-corrected chi connectivity index (χ2v) is 16.3. The molecule has 1 aromatic heterocycles. The molecular formula is C44H62N14O7. The predicted octanol–water partition coefficient (Wildman–Crippen LogP) is -1.59. The minimum absolute atomic E-state index is 0.0186. The zero-order chi connectivity index (χ0) is 46.9. The molecule has 2 aromatic carbocycles. The summed E-state index contributed by atoms with van der Waals surface area (Å²) < 4.78 is 0. The Morgan fingerprint density at radius 2 is 1.38 bits per heavy atom. The summed E-state index contributed by atoms with van der Waals surface area (Å²) in [6.07, 6.45) is 3.60. The Labute approximate surface area is 377 Å². The third-order valence-corrected chi connectivity index (χ3v) is 11.3. The van der Waals surface area contributed by atoms with Gasteiger partial charge in [-0.2, -0.15) is 0 Å². The van der Waals surface area contributed by atoms with Crippen molar-refractivity contribution in [2.24, 2.45) is 32.9 Å². The molecule has 6 atom stereocenters. The second-order valence-electron chi connectivity index (χ2n) is 16.3. The lowest BCUT2D eigenvalue weighted by Gasteiger charge is -2.31. The third kappa shape index (κ3) is 14.7. The SMILES string of the molecule is CC(=O)N[C@@H](Cc1ccccc1)C(=O)N[C@H]1CCCNC(=O)[C@H](CCCN=C(N)N)NC(=O)[C@H](Cc2c[nH]c3ccccc23)NC(=O)[C@H](CCCN=C(N)N)NC(=O)[C@@H]2CCCN2C1=O. The van der Waals surface area contributed by atoms with Gasteiger partial charge in [0.25, 0.3) is 0 Å². The first-order valence-electron chi connectivity index (χ1n) is 22.0. The van der Waals surface area contributed by atoms with E-state index in [9.17, 15) is 33.6 Å². The van der Waals surface area contributed by atoms with Crippen molar-refractivity contribution in [3.63, 3.8) is 0 Å². The number of hydrogen-bond acceptors (Lipinski definition) is 9. The van der Waals surface area contributed by atoms with Gasteiger partial charge in [0.1, 0.15) is 36.3 Å². The number of benzene rings is 2. The molecule has 5 rings (SSSR count). The molecule has 0 bridgehead atoms. The van der Waals surface area contributed by atoms with Crippen LogP contribution in [0.3, 0.4) is 0 Å². The van der Waals surface area contributed by atoms with E-state index in [1.807, 2.05) is 54.6 Å². The highest BCUT2D eigenvalue weighted by molar-refractivity contribution is 5.98. The minimum atomic E-state index is -1.22. The van der Waals surface area contributed by atoms with Crippen LogP contribution in [0.25, 0.3) is 10.9 Å². The van der Waals surface area contributed by atoms with Crippen LogP contribution in [-0.4, -0.2) is 126 Å². The zero-order valence-corrected chi connectivity index (χ0v) is 36.6. The number of carbonyl (C=O) groups is 7. The average Bonchev–Trinajstić information content (AvgIpc) is 3.93. The Hall–Kier alpha value is -7.19. The van der Waals surface area contributed by atoms with Crippen molar-refractivity contribution in [2.45, 2.75) is 107 Å². The number of fused-ring (bicyclic) bond motifs is 2. The molecule has 21 heteroatoms. The van der Waals surface area contributed by atoms with Crippen molar-refractivity contribution in [3.8, 4) is 0 Å². The Morgan fingerprint density at radius 1 is 0.769 bits per heavy atom. The lowest BCUT2D eigenvalue weighted by Crippen LogP contribution is -2.60. The lowest BCUT2D eigenvalue weighted by atomic mass is 10.0. The lowest BCUT2D eigenvalue weighted by molar-refractivity contribution is -0.142. The topological polar surface area (TPSA) is 339 Å². The van der Waals surface area contributed by atoms with E-state index >= 15 is 0 Å². The number of aromatic nitrogens is 1. The van der Waals surface area contributed by atoms with Gasteiger partial charge in [0, 0.05) is 63.0 Å². The monoisotopic (exact) mass is 898 g/mol. The van der Waals surface area contributed by atoms with Gasteiger partial charge in [-0.3, -0.25) is 43.5 Å². The number of carbonyl (C=O) groups excluding carboxylic acids is 7. The number of para-hydroxylation sites is 1. The Balaban J connectivity index is 1.48. The van der Waals surface area contributed by atoms with Gasteiger partial charge in [0.2, 0.25) is 41.4 Å². The van der Waals surface area contributed by atoms with Gasteiger partial charge in [-0.05, 0) is 68.6 Å². The van der Waals surface area contributed by atoms with Crippen LogP contribution in [0.2, 0.25) is 0 Å². The smallest absolute Gasteiger partial charge is 0.245 e. The van der Waals surface area contributed by atoms with Crippen LogP contribution >= 0.6 is 0 Å². The molecule has 350 valence electrons. The molecule has 3 aromatic rings. The number of nitrogens with one attached hydrogen (secondary N) is 7. The number of nitrogens with zero attached hydrogens (tertiary/aromatic N) is 3. The Bertz CT molecular complexity index is 2200. The number of aromatic amines is 1. The first kappa shape index (κ1) is 48.8. The number of nitrogens with two attached hydrogens (primary N) is 4. The molecule has 0 saturated carbocycles. The molecule has 2 aliphatic rings. The van der Waals surface area contributed by atoms with E-state index < -0.39 is 77.6 Å². The minimum Gasteiger partial charge on any atom is -0.370 e. The Morgan fingerprint density at radius 3 is 2.06 bits per heavy atom. The molecular weight excluding hydrogens is 837 g/mol. The van der Waals surface area contributed by atoms with Crippen molar-refractivity contribution in [1.82, 2.24) is 41.8 Å². The molecule has 2 aliphatic heterocycles. The van der Waals surface area contributed by atoms with E-state index in [1.54, 1.807) is 6.20 Å². The quantitative estimate of drug-likeness (QED) is 0.0469. The van der Waals surface area contributed by atoms with E-state index in [2.05, 4.69) is 46.9 Å². The molecule has 2 saturated heterocycles. The van der Waals surface area contributed by atoms with Gasteiger partial charge in [-0.25, -0.2) is 0 Å². The van der Waals surface area contributed by atoms with Crippen LogP contribution in [0.15, 0.2) is 70.8 Å². The van der Waals surface area contributed by atoms with Gasteiger partial charge < -0.3 is 64.7 Å². The predicted molar refractivity (Wildman–Crippen MR) is 244 cm³/mol. The molecule has 65 heavy (non-hydrogen) atoms. The largest absolute Gasteiger partial charge is 0.370 e. The summed E-state index contributed by atoms with van der Waals surface area (Å²) in [5.41, 5.74) is 24.5.